The Bertz CT molecular complexity index is 1430. The van der Waals surface area contributed by atoms with E-state index in [0.717, 1.165) is 0 Å². The average molecular weight is 450 g/mol. The second-order valence-electron chi connectivity index (χ2n) is 7.65. The Balaban J connectivity index is 1.72. The van der Waals surface area contributed by atoms with E-state index in [-0.39, 0.29) is 23.5 Å². The highest BCUT2D eigenvalue weighted by Crippen LogP contribution is 2.31. The normalized spacial score (nSPS) is 13.8. The SMILES string of the molecule is C[C@@H](c1cn2ccc(Cl)c2c(=O)n1-c1ccccc1)N(C)c1nc(N)nc2c1C(=O)NC2. The van der Waals surface area contributed by atoms with Crippen molar-refractivity contribution in [3.63, 3.8) is 0 Å². The van der Waals surface area contributed by atoms with Crippen LogP contribution in [0.2, 0.25) is 5.02 Å². The number of nitrogen functional groups attached to an aromatic ring is 1. The fraction of sp³-hybridized carbons (Fsp3) is 0.182. The molecule has 0 radical (unpaired) electrons. The highest BCUT2D eigenvalue weighted by atomic mass is 35.5. The molecule has 32 heavy (non-hydrogen) atoms. The van der Waals surface area contributed by atoms with E-state index in [2.05, 4.69) is 15.3 Å². The number of para-hydroxylation sites is 1. The molecule has 162 valence electrons. The lowest BCUT2D eigenvalue weighted by Gasteiger charge is -2.29. The monoisotopic (exact) mass is 449 g/mol. The molecule has 3 aromatic heterocycles. The number of amides is 1. The second-order valence-corrected chi connectivity index (χ2v) is 8.05. The van der Waals surface area contributed by atoms with Crippen LogP contribution in [-0.4, -0.2) is 31.9 Å². The van der Waals surface area contributed by atoms with E-state index >= 15 is 0 Å². The lowest BCUT2D eigenvalue weighted by Crippen LogP contribution is -2.32. The zero-order valence-corrected chi connectivity index (χ0v) is 18.2. The molecular weight excluding hydrogens is 430 g/mol. The molecule has 1 amide bonds. The van der Waals surface area contributed by atoms with Crippen molar-refractivity contribution in [2.75, 3.05) is 17.7 Å². The number of halogens is 1. The molecule has 0 bridgehead atoms. The third-order valence-corrected chi connectivity index (χ3v) is 6.09. The number of fused-ring (bicyclic) bond motifs is 2. The lowest BCUT2D eigenvalue weighted by molar-refractivity contribution is 0.0966. The van der Waals surface area contributed by atoms with Gasteiger partial charge in [-0.05, 0) is 25.1 Å². The lowest BCUT2D eigenvalue weighted by atomic mass is 10.1. The van der Waals surface area contributed by atoms with Crippen LogP contribution in [0.3, 0.4) is 0 Å². The maximum Gasteiger partial charge on any atom is 0.281 e. The molecule has 3 N–H and O–H groups in total. The van der Waals surface area contributed by atoms with E-state index in [1.165, 1.54) is 0 Å². The largest absolute Gasteiger partial charge is 0.368 e. The first-order valence-electron chi connectivity index (χ1n) is 10.0. The third-order valence-electron chi connectivity index (χ3n) is 5.78. The molecule has 0 aliphatic carbocycles. The quantitative estimate of drug-likeness (QED) is 0.495. The van der Waals surface area contributed by atoms with E-state index in [9.17, 15) is 9.59 Å². The molecule has 0 saturated carbocycles. The van der Waals surface area contributed by atoms with E-state index in [1.54, 1.807) is 21.2 Å². The molecular formula is C22H20ClN7O2. The average Bonchev–Trinajstić information content (AvgIpc) is 3.35. The van der Waals surface area contributed by atoms with E-state index in [4.69, 9.17) is 17.3 Å². The molecule has 1 atom stereocenters. The van der Waals surface area contributed by atoms with Gasteiger partial charge < -0.3 is 20.4 Å². The van der Waals surface area contributed by atoms with Gasteiger partial charge in [0.25, 0.3) is 11.5 Å². The van der Waals surface area contributed by atoms with Gasteiger partial charge >= 0.3 is 0 Å². The van der Waals surface area contributed by atoms with Crippen molar-refractivity contribution >= 4 is 34.8 Å². The predicted molar refractivity (Wildman–Crippen MR) is 122 cm³/mol. The Morgan fingerprint density at radius 1 is 1.19 bits per heavy atom. The summed E-state index contributed by atoms with van der Waals surface area (Å²) < 4.78 is 3.35. The van der Waals surface area contributed by atoms with Crippen molar-refractivity contribution in [3.05, 3.63) is 81.1 Å². The number of rotatable bonds is 4. The van der Waals surface area contributed by atoms with E-state index in [0.29, 0.717) is 45.5 Å². The van der Waals surface area contributed by atoms with Crippen LogP contribution in [0.4, 0.5) is 11.8 Å². The molecule has 1 aliphatic heterocycles. The Hall–Kier alpha value is -3.85. The van der Waals surface area contributed by atoms with Crippen LogP contribution in [0.1, 0.15) is 34.7 Å². The molecule has 0 fully saturated rings. The Kier molecular flexibility index (Phi) is 4.63. The second kappa shape index (κ2) is 7.38. The number of nitrogens with zero attached hydrogens (tertiary/aromatic N) is 5. The summed E-state index contributed by atoms with van der Waals surface area (Å²) in [6.07, 6.45) is 3.61. The summed E-state index contributed by atoms with van der Waals surface area (Å²) in [6.45, 7) is 2.24. The summed E-state index contributed by atoms with van der Waals surface area (Å²) >= 11 is 6.31. The predicted octanol–water partition coefficient (Wildman–Crippen LogP) is 2.56. The van der Waals surface area contributed by atoms with Gasteiger partial charge in [-0.1, -0.05) is 29.8 Å². The highest BCUT2D eigenvalue weighted by Gasteiger charge is 2.30. The number of carbonyl (C=O) groups is 1. The molecule has 10 heteroatoms. The van der Waals surface area contributed by atoms with Gasteiger partial charge in [-0.25, -0.2) is 4.98 Å². The van der Waals surface area contributed by atoms with Gasteiger partial charge in [0.2, 0.25) is 5.95 Å². The Morgan fingerprint density at radius 2 is 1.94 bits per heavy atom. The van der Waals surface area contributed by atoms with Crippen molar-refractivity contribution in [2.24, 2.45) is 0 Å². The van der Waals surface area contributed by atoms with E-state index < -0.39 is 0 Å². The van der Waals surface area contributed by atoms with Gasteiger partial charge in [0.15, 0.2) is 0 Å². The fourth-order valence-electron chi connectivity index (χ4n) is 4.07. The van der Waals surface area contributed by atoms with Crippen LogP contribution in [-0.2, 0) is 6.54 Å². The van der Waals surface area contributed by atoms with Crippen molar-refractivity contribution in [2.45, 2.75) is 19.5 Å². The minimum absolute atomic E-state index is 0.0855. The number of benzene rings is 1. The number of carbonyl (C=O) groups excluding carboxylic acids is 1. The van der Waals surface area contributed by atoms with Crippen LogP contribution < -0.4 is 21.5 Å². The molecule has 4 heterocycles. The van der Waals surface area contributed by atoms with Crippen molar-refractivity contribution in [3.8, 4) is 5.69 Å². The Labute approximate surface area is 188 Å². The summed E-state index contributed by atoms with van der Waals surface area (Å²) in [6, 6.07) is 10.7. The number of nitrogens with two attached hydrogens (primary N) is 1. The topological polar surface area (TPSA) is 111 Å². The summed E-state index contributed by atoms with van der Waals surface area (Å²) in [5.74, 6) is 0.247. The van der Waals surface area contributed by atoms with Crippen molar-refractivity contribution in [1.29, 1.82) is 0 Å². The molecule has 5 rings (SSSR count). The third kappa shape index (κ3) is 3.01. The maximum absolute atomic E-state index is 13.5. The van der Waals surface area contributed by atoms with Crippen LogP contribution in [0, 0.1) is 0 Å². The van der Waals surface area contributed by atoms with Gasteiger partial charge in [0.05, 0.1) is 29.0 Å². The summed E-state index contributed by atoms with van der Waals surface area (Å²) in [5.41, 5.74) is 8.41. The van der Waals surface area contributed by atoms with Crippen molar-refractivity contribution < 1.29 is 4.79 Å². The molecule has 4 aromatic rings. The van der Waals surface area contributed by atoms with Gasteiger partial charge in [-0.15, -0.1) is 0 Å². The zero-order valence-electron chi connectivity index (χ0n) is 17.4. The van der Waals surface area contributed by atoms with Crippen LogP contribution in [0.25, 0.3) is 11.2 Å². The van der Waals surface area contributed by atoms with Gasteiger partial charge in [0.1, 0.15) is 16.9 Å². The first-order valence-corrected chi connectivity index (χ1v) is 10.4. The van der Waals surface area contributed by atoms with Gasteiger partial charge in [-0.3, -0.25) is 14.2 Å². The van der Waals surface area contributed by atoms with E-state index in [1.807, 2.05) is 55.4 Å². The van der Waals surface area contributed by atoms with Gasteiger partial charge in [0, 0.05) is 25.1 Å². The van der Waals surface area contributed by atoms with Crippen molar-refractivity contribution in [1.82, 2.24) is 24.3 Å². The zero-order chi connectivity index (χ0) is 22.6. The smallest absolute Gasteiger partial charge is 0.281 e. The standard InChI is InChI=1S/C22H20ClN7O2/c1-12(28(2)19-17-15(10-25-20(17)31)26-22(24)27-19)16-11-29-9-8-14(23)18(29)21(32)30(16)13-6-4-3-5-7-13/h3-9,11-12H,10H2,1-2H3,(H,25,31)(H2,24,26,27)/t12-/m0/s1. The van der Waals surface area contributed by atoms with Crippen LogP contribution in [0.5, 0.6) is 0 Å². The molecule has 9 nitrogen and oxygen atoms in total. The number of anilines is 2. The molecule has 0 saturated heterocycles. The number of aromatic nitrogens is 4. The Morgan fingerprint density at radius 3 is 2.69 bits per heavy atom. The van der Waals surface area contributed by atoms with Crippen LogP contribution in [0.15, 0.2) is 53.6 Å². The minimum atomic E-state index is -0.361. The molecule has 0 unspecified atom stereocenters. The van der Waals surface area contributed by atoms with Crippen LogP contribution >= 0.6 is 11.6 Å². The first-order chi connectivity index (χ1) is 15.4. The number of hydrogen-bond acceptors (Lipinski definition) is 6. The fourth-order valence-corrected chi connectivity index (χ4v) is 4.30. The summed E-state index contributed by atoms with van der Waals surface area (Å²) in [4.78, 5) is 36.3. The maximum atomic E-state index is 13.5. The summed E-state index contributed by atoms with van der Waals surface area (Å²) in [7, 11) is 1.81. The molecule has 1 aliphatic rings. The first kappa shape index (κ1) is 20.1. The minimum Gasteiger partial charge on any atom is -0.368 e. The molecule has 0 spiro atoms. The highest BCUT2D eigenvalue weighted by molar-refractivity contribution is 6.33. The summed E-state index contributed by atoms with van der Waals surface area (Å²) in [5, 5.41) is 3.14. The van der Waals surface area contributed by atoms with Gasteiger partial charge in [-0.2, -0.15) is 4.98 Å². The number of nitrogens with one attached hydrogen (secondary N) is 1. The molecule has 1 aromatic carbocycles. The number of hydrogen-bond donors (Lipinski definition) is 2.